The quantitative estimate of drug-likeness (QED) is 0.839. The topological polar surface area (TPSA) is 105 Å². The van der Waals surface area contributed by atoms with Crippen molar-refractivity contribution in [2.75, 3.05) is 5.32 Å². The Bertz CT molecular complexity index is 729. The number of amides is 1. The number of halogens is 2. The number of carboxylic acids is 1. The highest BCUT2D eigenvalue weighted by molar-refractivity contribution is 6.31. The Morgan fingerprint density at radius 2 is 2.14 bits per heavy atom. The molecule has 1 aromatic carbocycles. The summed E-state index contributed by atoms with van der Waals surface area (Å²) in [6, 6.07) is 3.61. The van der Waals surface area contributed by atoms with Crippen molar-refractivity contribution in [3.8, 4) is 0 Å². The van der Waals surface area contributed by atoms with E-state index in [0.29, 0.717) is 0 Å². The second kappa shape index (κ2) is 6.14. The number of carboxylic acid groups (broad SMARTS) is 1. The lowest BCUT2D eigenvalue weighted by molar-refractivity contribution is -0.131. The van der Waals surface area contributed by atoms with Gasteiger partial charge in [0.15, 0.2) is 5.69 Å². The fraction of sp³-hybridized carbons (Fsp3) is 0. The van der Waals surface area contributed by atoms with Gasteiger partial charge in [-0.1, -0.05) is 11.6 Å². The van der Waals surface area contributed by atoms with Crippen LogP contribution in [-0.4, -0.2) is 27.3 Å². The number of carbonyl (C=O) groups excluding carboxylic acids is 1. The second-order valence-corrected chi connectivity index (χ2v) is 4.16. The second-order valence-electron chi connectivity index (χ2n) is 3.75. The number of aliphatic carboxylic acids is 1. The summed E-state index contributed by atoms with van der Waals surface area (Å²) in [5.74, 6) is -2.54. The van der Waals surface area contributed by atoms with Gasteiger partial charge in [-0.25, -0.2) is 13.8 Å². The summed E-state index contributed by atoms with van der Waals surface area (Å²) >= 11 is 5.59. The molecule has 0 radical (unpaired) electrons. The minimum Gasteiger partial charge on any atom is -0.478 e. The first-order valence-corrected chi connectivity index (χ1v) is 5.85. The maximum absolute atomic E-state index is 13.0. The molecule has 2 N–H and O–H groups in total. The molecule has 0 spiro atoms. The molecule has 0 unspecified atom stereocenters. The number of carbonyl (C=O) groups is 2. The summed E-state index contributed by atoms with van der Waals surface area (Å²) in [4.78, 5) is 22.4. The van der Waals surface area contributed by atoms with Gasteiger partial charge in [0.1, 0.15) is 11.5 Å². The van der Waals surface area contributed by atoms with Crippen molar-refractivity contribution in [3.05, 3.63) is 46.5 Å². The highest BCUT2D eigenvalue weighted by atomic mass is 35.5. The molecule has 9 heteroatoms. The van der Waals surface area contributed by atoms with E-state index in [2.05, 4.69) is 20.3 Å². The molecule has 0 saturated carbocycles. The van der Waals surface area contributed by atoms with Crippen LogP contribution in [0.3, 0.4) is 0 Å². The third-order valence-electron chi connectivity index (χ3n) is 2.29. The lowest BCUT2D eigenvalue weighted by Gasteiger charge is -2.03. The van der Waals surface area contributed by atoms with E-state index in [1.165, 1.54) is 12.1 Å². The van der Waals surface area contributed by atoms with Crippen molar-refractivity contribution in [2.24, 2.45) is 0 Å². The molecule has 1 aromatic heterocycles. The lowest BCUT2D eigenvalue weighted by Crippen LogP contribution is -2.13. The summed E-state index contributed by atoms with van der Waals surface area (Å²) in [5.41, 5.74) is -0.0291. The number of anilines is 1. The highest BCUT2D eigenvalue weighted by Gasteiger charge is 2.17. The van der Waals surface area contributed by atoms with Crippen molar-refractivity contribution in [2.45, 2.75) is 0 Å². The first kappa shape index (κ1) is 14.7. The van der Waals surface area contributed by atoms with E-state index in [1.807, 2.05) is 0 Å². The molecular formula is C12H7ClFN3O4. The molecule has 0 aliphatic rings. The molecule has 0 aliphatic carbocycles. The van der Waals surface area contributed by atoms with Crippen LogP contribution in [0.25, 0.3) is 6.08 Å². The fourth-order valence-electron chi connectivity index (χ4n) is 1.38. The summed E-state index contributed by atoms with van der Waals surface area (Å²) < 4.78 is 17.4. The van der Waals surface area contributed by atoms with Crippen molar-refractivity contribution >= 4 is 35.2 Å². The summed E-state index contributed by atoms with van der Waals surface area (Å²) in [7, 11) is 0. The number of nitrogens with zero attached hydrogens (tertiary/aromatic N) is 2. The van der Waals surface area contributed by atoms with Gasteiger partial charge in [0.25, 0.3) is 5.91 Å². The Morgan fingerprint density at radius 1 is 1.38 bits per heavy atom. The Kier molecular flexibility index (Phi) is 4.29. The van der Waals surface area contributed by atoms with Gasteiger partial charge in [0.2, 0.25) is 0 Å². The van der Waals surface area contributed by atoms with E-state index >= 15 is 0 Å². The molecule has 0 aliphatic heterocycles. The molecule has 2 aromatic rings. The van der Waals surface area contributed by atoms with Crippen LogP contribution in [0.5, 0.6) is 0 Å². The lowest BCUT2D eigenvalue weighted by atomic mass is 10.2. The van der Waals surface area contributed by atoms with Crippen LogP contribution >= 0.6 is 11.6 Å². The molecule has 0 bridgehead atoms. The standard InChI is InChI=1S/C12H7ClFN3O4/c13-7-5-6(1-2-8(7)14)15-12(20)11-9(16-21-17-11)3-4-10(18)19/h1-5H,(H,15,20)(H,18,19). The largest absolute Gasteiger partial charge is 0.478 e. The van der Waals surface area contributed by atoms with E-state index < -0.39 is 17.7 Å². The predicted molar refractivity (Wildman–Crippen MR) is 70.3 cm³/mol. The first-order chi connectivity index (χ1) is 9.97. The van der Waals surface area contributed by atoms with E-state index in [0.717, 1.165) is 18.2 Å². The van der Waals surface area contributed by atoms with Crippen molar-refractivity contribution in [1.29, 1.82) is 0 Å². The summed E-state index contributed by atoms with van der Waals surface area (Å²) in [5, 5.41) is 17.5. The monoisotopic (exact) mass is 311 g/mol. The molecule has 1 amide bonds. The molecule has 108 valence electrons. The molecule has 1 heterocycles. The Morgan fingerprint density at radius 3 is 2.81 bits per heavy atom. The van der Waals surface area contributed by atoms with Crippen LogP contribution in [0, 0.1) is 5.82 Å². The number of nitrogens with one attached hydrogen (secondary N) is 1. The fourth-order valence-corrected chi connectivity index (χ4v) is 1.56. The number of hydrogen-bond donors (Lipinski definition) is 2. The van der Waals surface area contributed by atoms with Crippen molar-refractivity contribution in [3.63, 3.8) is 0 Å². The van der Waals surface area contributed by atoms with E-state index in [-0.39, 0.29) is 22.1 Å². The predicted octanol–water partition coefficient (Wildman–Crippen LogP) is 2.21. The number of benzene rings is 1. The third kappa shape index (κ3) is 3.63. The normalized spacial score (nSPS) is 10.8. The maximum atomic E-state index is 13.0. The number of aromatic nitrogens is 2. The minimum absolute atomic E-state index is 0.0527. The average molecular weight is 312 g/mol. The Labute approximate surface area is 122 Å². The molecular weight excluding hydrogens is 305 g/mol. The van der Waals surface area contributed by atoms with Gasteiger partial charge < -0.3 is 10.4 Å². The van der Waals surface area contributed by atoms with E-state index in [9.17, 15) is 14.0 Å². The minimum atomic E-state index is -1.21. The Balaban J connectivity index is 2.19. The van der Waals surface area contributed by atoms with E-state index in [1.54, 1.807) is 0 Å². The van der Waals surface area contributed by atoms with Gasteiger partial charge >= 0.3 is 5.97 Å². The first-order valence-electron chi connectivity index (χ1n) is 5.47. The third-order valence-corrected chi connectivity index (χ3v) is 2.58. The van der Waals surface area contributed by atoms with Gasteiger partial charge in [-0.3, -0.25) is 4.79 Å². The van der Waals surface area contributed by atoms with Crippen LogP contribution in [0.2, 0.25) is 5.02 Å². The van der Waals surface area contributed by atoms with Crippen LogP contribution in [-0.2, 0) is 4.79 Å². The van der Waals surface area contributed by atoms with Gasteiger partial charge in [0, 0.05) is 11.8 Å². The maximum Gasteiger partial charge on any atom is 0.328 e. The summed E-state index contributed by atoms with van der Waals surface area (Å²) in [6.07, 6.45) is 1.84. The Hall–Kier alpha value is -2.74. The van der Waals surface area contributed by atoms with Gasteiger partial charge in [-0.15, -0.1) is 0 Å². The SMILES string of the molecule is O=C(O)C=Cc1nonc1C(=O)Nc1ccc(F)c(Cl)c1. The smallest absolute Gasteiger partial charge is 0.328 e. The van der Waals surface area contributed by atoms with Crippen molar-refractivity contribution < 1.29 is 23.7 Å². The molecule has 0 fully saturated rings. The zero-order valence-electron chi connectivity index (χ0n) is 10.2. The van der Waals surface area contributed by atoms with E-state index in [4.69, 9.17) is 16.7 Å². The molecule has 0 atom stereocenters. The highest BCUT2D eigenvalue weighted by Crippen LogP contribution is 2.20. The van der Waals surface area contributed by atoms with Gasteiger partial charge in [0.05, 0.1) is 5.02 Å². The number of rotatable bonds is 4. The zero-order chi connectivity index (χ0) is 15.4. The zero-order valence-corrected chi connectivity index (χ0v) is 11.0. The molecule has 2 rings (SSSR count). The van der Waals surface area contributed by atoms with Crippen molar-refractivity contribution in [1.82, 2.24) is 10.3 Å². The average Bonchev–Trinajstić information content (AvgIpc) is 2.89. The van der Waals surface area contributed by atoms with Crippen LogP contribution < -0.4 is 5.32 Å². The molecule has 7 nitrogen and oxygen atoms in total. The number of hydrogen-bond acceptors (Lipinski definition) is 5. The van der Waals surface area contributed by atoms with Crippen LogP contribution in [0.15, 0.2) is 28.9 Å². The van der Waals surface area contributed by atoms with Crippen LogP contribution in [0.1, 0.15) is 16.2 Å². The molecule has 21 heavy (non-hydrogen) atoms. The molecule has 0 saturated heterocycles. The van der Waals surface area contributed by atoms with Gasteiger partial charge in [-0.05, 0) is 34.6 Å². The van der Waals surface area contributed by atoms with Crippen LogP contribution in [0.4, 0.5) is 10.1 Å². The summed E-state index contributed by atoms with van der Waals surface area (Å²) in [6.45, 7) is 0. The van der Waals surface area contributed by atoms with Gasteiger partial charge in [-0.2, -0.15) is 0 Å².